The Morgan fingerprint density at radius 1 is 1.06 bits per heavy atom. The van der Waals surface area contributed by atoms with Crippen LogP contribution in [-0.2, 0) is 13.2 Å². The second-order valence-corrected chi connectivity index (χ2v) is 8.35. The van der Waals surface area contributed by atoms with Crippen molar-refractivity contribution in [3.63, 3.8) is 0 Å². The number of rotatable bonds is 8. The van der Waals surface area contributed by atoms with E-state index in [4.69, 9.17) is 4.98 Å². The highest BCUT2D eigenvalue weighted by atomic mass is 16.3. The zero-order valence-corrected chi connectivity index (χ0v) is 18.4. The van der Waals surface area contributed by atoms with Gasteiger partial charge in [0.15, 0.2) is 0 Å². The molecule has 1 aliphatic heterocycles. The van der Waals surface area contributed by atoms with Crippen LogP contribution in [0, 0.1) is 6.92 Å². The Labute approximate surface area is 183 Å². The summed E-state index contributed by atoms with van der Waals surface area (Å²) in [6, 6.07) is 9.27. The van der Waals surface area contributed by atoms with Gasteiger partial charge in [0, 0.05) is 38.4 Å². The van der Waals surface area contributed by atoms with Crippen molar-refractivity contribution in [2.45, 2.75) is 26.5 Å². The summed E-state index contributed by atoms with van der Waals surface area (Å²) < 4.78 is 2.05. The van der Waals surface area contributed by atoms with Crippen LogP contribution in [0.15, 0.2) is 30.3 Å². The predicted molar refractivity (Wildman–Crippen MR) is 122 cm³/mol. The molecule has 3 N–H and O–H groups in total. The standard InChI is InChI=1S/C23H32N6O2/c1-17-4-7-22(31)20(25-17)15-29-21-6-5-18(16-30)14-19(21)26-23(29)24-8-3-9-28-12-10-27(2)11-13-28/h4-7,14,30-31H,3,8-13,15-16H2,1-2H3,(H,24,26). The van der Waals surface area contributed by atoms with Crippen LogP contribution in [0.1, 0.15) is 23.4 Å². The van der Waals surface area contributed by atoms with Gasteiger partial charge in [0.05, 0.1) is 24.2 Å². The molecular formula is C23H32N6O2. The first kappa shape index (κ1) is 21.5. The molecule has 3 aromatic rings. The Morgan fingerprint density at radius 3 is 2.65 bits per heavy atom. The predicted octanol–water partition coefficient (Wildman–Crippen LogP) is 2.04. The molecule has 0 atom stereocenters. The molecule has 0 spiro atoms. The number of pyridine rings is 1. The maximum Gasteiger partial charge on any atom is 0.204 e. The van der Waals surface area contributed by atoms with Crippen LogP contribution in [0.25, 0.3) is 11.0 Å². The van der Waals surface area contributed by atoms with Crippen LogP contribution < -0.4 is 5.32 Å². The second kappa shape index (κ2) is 9.64. The smallest absolute Gasteiger partial charge is 0.204 e. The number of likely N-dealkylation sites (N-methyl/N-ethyl adjacent to an activating group) is 1. The minimum absolute atomic E-state index is 0.0171. The van der Waals surface area contributed by atoms with Gasteiger partial charge in [0.25, 0.3) is 0 Å². The minimum atomic E-state index is -0.0171. The number of fused-ring (bicyclic) bond motifs is 1. The number of nitrogens with zero attached hydrogens (tertiary/aromatic N) is 5. The summed E-state index contributed by atoms with van der Waals surface area (Å²) in [6.07, 6.45) is 1.03. The molecule has 2 aromatic heterocycles. The molecule has 0 unspecified atom stereocenters. The molecule has 1 fully saturated rings. The molecule has 166 valence electrons. The molecule has 31 heavy (non-hydrogen) atoms. The molecule has 1 aliphatic rings. The number of aliphatic hydroxyl groups excluding tert-OH is 1. The van der Waals surface area contributed by atoms with Gasteiger partial charge in [-0.25, -0.2) is 4.98 Å². The van der Waals surface area contributed by atoms with Crippen LogP contribution in [0.2, 0.25) is 0 Å². The van der Waals surface area contributed by atoms with E-state index in [0.29, 0.717) is 12.2 Å². The lowest BCUT2D eigenvalue weighted by molar-refractivity contribution is 0.154. The Balaban J connectivity index is 1.50. The first-order valence-corrected chi connectivity index (χ1v) is 10.9. The SMILES string of the molecule is Cc1ccc(O)c(Cn2c(NCCCN3CCN(C)CC3)nc3cc(CO)ccc32)n1. The molecule has 0 aliphatic carbocycles. The number of imidazole rings is 1. The number of aromatic nitrogens is 3. The molecule has 0 amide bonds. The average molecular weight is 425 g/mol. The van der Waals surface area contributed by atoms with Crippen molar-refractivity contribution in [1.29, 1.82) is 0 Å². The summed E-state index contributed by atoms with van der Waals surface area (Å²) in [5, 5.41) is 23.3. The van der Waals surface area contributed by atoms with Gasteiger partial charge in [-0.2, -0.15) is 0 Å². The maximum absolute atomic E-state index is 10.3. The molecule has 1 saturated heterocycles. The molecule has 8 nitrogen and oxygen atoms in total. The van der Waals surface area contributed by atoms with E-state index in [9.17, 15) is 10.2 Å². The van der Waals surface area contributed by atoms with Gasteiger partial charge in [0.2, 0.25) is 5.95 Å². The molecule has 3 heterocycles. The van der Waals surface area contributed by atoms with Gasteiger partial charge in [-0.3, -0.25) is 4.98 Å². The summed E-state index contributed by atoms with van der Waals surface area (Å²) in [6.45, 7) is 8.70. The molecule has 8 heteroatoms. The number of piperazine rings is 1. The fourth-order valence-corrected chi connectivity index (χ4v) is 4.01. The van der Waals surface area contributed by atoms with Crippen molar-refractivity contribution in [3.05, 3.63) is 47.3 Å². The van der Waals surface area contributed by atoms with E-state index < -0.39 is 0 Å². The molecular weight excluding hydrogens is 392 g/mol. The van der Waals surface area contributed by atoms with Gasteiger partial charge >= 0.3 is 0 Å². The van der Waals surface area contributed by atoms with Crippen molar-refractivity contribution in [1.82, 2.24) is 24.3 Å². The quantitative estimate of drug-likeness (QED) is 0.477. The largest absolute Gasteiger partial charge is 0.506 e. The summed E-state index contributed by atoms with van der Waals surface area (Å²) in [7, 11) is 2.17. The van der Waals surface area contributed by atoms with E-state index in [-0.39, 0.29) is 12.4 Å². The van der Waals surface area contributed by atoms with Crippen molar-refractivity contribution in [2.24, 2.45) is 0 Å². The van der Waals surface area contributed by atoms with Gasteiger partial charge in [-0.1, -0.05) is 6.07 Å². The number of aliphatic hydroxyl groups is 1. The summed E-state index contributed by atoms with van der Waals surface area (Å²) in [5.41, 5.74) is 4.07. The van der Waals surface area contributed by atoms with Crippen molar-refractivity contribution in [3.8, 4) is 5.75 Å². The number of anilines is 1. The van der Waals surface area contributed by atoms with E-state index in [1.165, 1.54) is 0 Å². The van der Waals surface area contributed by atoms with Crippen LogP contribution in [-0.4, -0.2) is 80.9 Å². The van der Waals surface area contributed by atoms with Gasteiger partial charge < -0.3 is 29.9 Å². The number of aryl methyl sites for hydroxylation is 1. The Hall–Kier alpha value is -2.68. The first-order valence-electron chi connectivity index (χ1n) is 10.9. The summed E-state index contributed by atoms with van der Waals surface area (Å²) in [5.74, 6) is 0.937. The molecule has 0 radical (unpaired) electrons. The van der Waals surface area contributed by atoms with E-state index in [1.54, 1.807) is 12.1 Å². The van der Waals surface area contributed by atoms with Crippen LogP contribution >= 0.6 is 0 Å². The number of benzene rings is 1. The van der Waals surface area contributed by atoms with Crippen LogP contribution in [0.5, 0.6) is 5.75 Å². The zero-order valence-electron chi connectivity index (χ0n) is 18.4. The highest BCUT2D eigenvalue weighted by Crippen LogP contribution is 2.25. The minimum Gasteiger partial charge on any atom is -0.506 e. The van der Waals surface area contributed by atoms with Gasteiger partial charge in [-0.05, 0) is 56.8 Å². The lowest BCUT2D eigenvalue weighted by atomic mass is 10.2. The topological polar surface area (TPSA) is 89.7 Å². The monoisotopic (exact) mass is 424 g/mol. The molecule has 0 saturated carbocycles. The van der Waals surface area contributed by atoms with Gasteiger partial charge in [0.1, 0.15) is 11.4 Å². The number of hydrogen-bond acceptors (Lipinski definition) is 7. The summed E-state index contributed by atoms with van der Waals surface area (Å²) >= 11 is 0. The third kappa shape index (κ3) is 5.15. The Bertz CT molecular complexity index is 1030. The van der Waals surface area contributed by atoms with E-state index in [0.717, 1.165) is 73.9 Å². The molecule has 0 bridgehead atoms. The molecule has 4 rings (SSSR count). The van der Waals surface area contributed by atoms with Crippen molar-refractivity contribution in [2.75, 3.05) is 51.6 Å². The van der Waals surface area contributed by atoms with Crippen LogP contribution in [0.4, 0.5) is 5.95 Å². The van der Waals surface area contributed by atoms with Gasteiger partial charge in [-0.15, -0.1) is 0 Å². The van der Waals surface area contributed by atoms with Crippen LogP contribution in [0.3, 0.4) is 0 Å². The Kier molecular flexibility index (Phi) is 6.70. The lowest BCUT2D eigenvalue weighted by Gasteiger charge is -2.32. The highest BCUT2D eigenvalue weighted by Gasteiger charge is 2.16. The zero-order chi connectivity index (χ0) is 21.8. The number of nitrogens with one attached hydrogen (secondary N) is 1. The third-order valence-electron chi connectivity index (χ3n) is 5.92. The maximum atomic E-state index is 10.3. The highest BCUT2D eigenvalue weighted by molar-refractivity contribution is 5.79. The van der Waals surface area contributed by atoms with E-state index >= 15 is 0 Å². The molecule has 1 aromatic carbocycles. The van der Waals surface area contributed by atoms with Crippen molar-refractivity contribution < 1.29 is 10.2 Å². The van der Waals surface area contributed by atoms with E-state index in [1.807, 2.05) is 29.7 Å². The third-order valence-corrected chi connectivity index (χ3v) is 5.92. The summed E-state index contributed by atoms with van der Waals surface area (Å²) in [4.78, 5) is 14.2. The van der Waals surface area contributed by atoms with Crippen molar-refractivity contribution >= 4 is 17.0 Å². The first-order chi connectivity index (χ1) is 15.0. The number of aromatic hydroxyl groups is 1. The lowest BCUT2D eigenvalue weighted by Crippen LogP contribution is -2.44. The van der Waals surface area contributed by atoms with E-state index in [2.05, 4.69) is 27.1 Å². The average Bonchev–Trinajstić information content (AvgIpc) is 3.11. The second-order valence-electron chi connectivity index (χ2n) is 8.35. The normalized spacial score (nSPS) is 15.6. The number of hydrogen-bond donors (Lipinski definition) is 3. The fourth-order valence-electron chi connectivity index (χ4n) is 4.01. The fraction of sp³-hybridized carbons (Fsp3) is 0.478. The Morgan fingerprint density at radius 2 is 1.87 bits per heavy atom.